The number of hydrogen-bond donors (Lipinski definition) is 0. The third kappa shape index (κ3) is 4.07. The van der Waals surface area contributed by atoms with E-state index in [0.717, 1.165) is 32.6 Å². The van der Waals surface area contributed by atoms with Crippen molar-refractivity contribution in [1.29, 1.82) is 0 Å². The van der Waals surface area contributed by atoms with Crippen LogP contribution in [0.5, 0.6) is 0 Å². The van der Waals surface area contributed by atoms with E-state index in [4.69, 9.17) is 0 Å². The van der Waals surface area contributed by atoms with Gasteiger partial charge in [-0.05, 0) is 51.3 Å². The van der Waals surface area contributed by atoms with Crippen LogP contribution in [-0.4, -0.2) is 26.2 Å². The summed E-state index contributed by atoms with van der Waals surface area (Å²) in [5, 5.41) is 0. The Bertz CT molecular complexity index is 584. The second-order valence-corrected chi connectivity index (χ2v) is 5.79. The molecule has 0 fully saturated rings. The Morgan fingerprint density at radius 3 is 1.83 bits per heavy atom. The third-order valence-electron chi connectivity index (χ3n) is 4.52. The highest BCUT2D eigenvalue weighted by Gasteiger charge is 2.17. The van der Waals surface area contributed by atoms with Crippen molar-refractivity contribution in [3.05, 3.63) is 59.7 Å². The molecule has 0 N–H and O–H groups in total. The lowest BCUT2D eigenvalue weighted by Crippen LogP contribution is -2.29. The molecule has 0 unspecified atom stereocenters. The molecule has 0 atom stereocenters. The van der Waals surface area contributed by atoms with Crippen LogP contribution in [0.2, 0.25) is 0 Å². The van der Waals surface area contributed by atoms with Crippen molar-refractivity contribution >= 4 is 11.4 Å². The van der Waals surface area contributed by atoms with Crippen molar-refractivity contribution in [2.24, 2.45) is 0 Å². The number of nitrogens with zero attached hydrogens (tertiary/aromatic N) is 2. The van der Waals surface area contributed by atoms with Crippen LogP contribution in [0.1, 0.15) is 38.8 Å². The van der Waals surface area contributed by atoms with Gasteiger partial charge in [-0.25, -0.2) is 0 Å². The lowest BCUT2D eigenvalue weighted by molar-refractivity contribution is 0.827. The number of rotatable bonds is 8. The number of anilines is 2. The first-order valence-electron chi connectivity index (χ1n) is 8.90. The van der Waals surface area contributed by atoms with Crippen LogP contribution < -0.4 is 9.80 Å². The quantitative estimate of drug-likeness (QED) is 0.679. The van der Waals surface area contributed by atoms with Crippen LogP contribution in [0, 0.1) is 0 Å². The van der Waals surface area contributed by atoms with Crippen molar-refractivity contribution in [2.45, 2.75) is 34.1 Å². The molecule has 2 rings (SSSR count). The largest absolute Gasteiger partial charge is 0.370 e. The second-order valence-electron chi connectivity index (χ2n) is 5.79. The summed E-state index contributed by atoms with van der Waals surface area (Å²) in [6.07, 6.45) is 0.988. The Kier molecular flexibility index (Phi) is 6.52. The molecule has 23 heavy (non-hydrogen) atoms. The monoisotopic (exact) mass is 310 g/mol. The number of para-hydroxylation sites is 1. The zero-order valence-corrected chi connectivity index (χ0v) is 15.0. The summed E-state index contributed by atoms with van der Waals surface area (Å²) in [4.78, 5) is 4.95. The molecule has 0 radical (unpaired) electrons. The molecule has 0 aliphatic rings. The van der Waals surface area contributed by atoms with Crippen molar-refractivity contribution in [1.82, 2.24) is 0 Å². The predicted molar refractivity (Wildman–Crippen MR) is 103 cm³/mol. The van der Waals surface area contributed by atoms with E-state index in [1.54, 1.807) is 0 Å². The lowest BCUT2D eigenvalue weighted by atomic mass is 10.0. The zero-order chi connectivity index (χ0) is 16.7. The average molecular weight is 310 g/mol. The van der Waals surface area contributed by atoms with Crippen LogP contribution in [-0.2, 0) is 6.42 Å². The van der Waals surface area contributed by atoms with Gasteiger partial charge in [0.25, 0.3) is 0 Å². The highest BCUT2D eigenvalue weighted by molar-refractivity contribution is 5.75. The third-order valence-corrected chi connectivity index (χ3v) is 4.52. The van der Waals surface area contributed by atoms with E-state index >= 15 is 0 Å². The van der Waals surface area contributed by atoms with E-state index in [1.807, 2.05) is 0 Å². The topological polar surface area (TPSA) is 6.48 Å². The molecule has 0 saturated carbocycles. The minimum atomic E-state index is 0.988. The average Bonchev–Trinajstić information content (AvgIpc) is 2.60. The Morgan fingerprint density at radius 2 is 1.26 bits per heavy atom. The molecule has 2 aromatic rings. The van der Waals surface area contributed by atoms with Crippen LogP contribution in [0.4, 0.5) is 11.4 Å². The van der Waals surface area contributed by atoms with E-state index in [0.29, 0.717) is 0 Å². The van der Waals surface area contributed by atoms with Crippen LogP contribution >= 0.6 is 0 Å². The highest BCUT2D eigenvalue weighted by atomic mass is 15.2. The molecule has 0 aliphatic heterocycles. The van der Waals surface area contributed by atoms with E-state index in [-0.39, 0.29) is 0 Å². The summed E-state index contributed by atoms with van der Waals surface area (Å²) in [5.41, 5.74) is 5.57. The summed E-state index contributed by atoms with van der Waals surface area (Å²) in [6.45, 7) is 13.1. The molecule has 2 aromatic carbocycles. The smallest absolute Gasteiger partial charge is 0.0639 e. The first-order valence-corrected chi connectivity index (χ1v) is 8.90. The normalized spacial score (nSPS) is 10.6. The van der Waals surface area contributed by atoms with Gasteiger partial charge in [-0.2, -0.15) is 0 Å². The molecule has 2 nitrogen and oxygen atoms in total. The molecule has 2 heteroatoms. The Balaban J connectivity index is 2.50. The molecule has 124 valence electrons. The fourth-order valence-electron chi connectivity index (χ4n) is 3.26. The minimum absolute atomic E-state index is 0.988. The lowest BCUT2D eigenvalue weighted by Gasteiger charge is -2.32. The molecule has 0 aromatic heterocycles. The summed E-state index contributed by atoms with van der Waals surface area (Å²) in [7, 11) is 0. The summed E-state index contributed by atoms with van der Waals surface area (Å²) < 4.78 is 0. The van der Waals surface area contributed by atoms with Crippen molar-refractivity contribution < 1.29 is 0 Å². The number of hydrogen-bond acceptors (Lipinski definition) is 2. The van der Waals surface area contributed by atoms with Crippen molar-refractivity contribution in [3.63, 3.8) is 0 Å². The van der Waals surface area contributed by atoms with Crippen LogP contribution in [0.25, 0.3) is 0 Å². The standard InChI is InChI=1S/C21H30N2/c1-5-22(6-2)20-16-12-15-19(21(20)23(7-3)8-4)17-18-13-10-9-11-14-18/h9-16H,5-8,17H2,1-4H3. The van der Waals surface area contributed by atoms with Crippen LogP contribution in [0.15, 0.2) is 48.5 Å². The van der Waals surface area contributed by atoms with Crippen molar-refractivity contribution in [2.75, 3.05) is 36.0 Å². The van der Waals surface area contributed by atoms with Gasteiger partial charge in [0.05, 0.1) is 11.4 Å². The van der Waals surface area contributed by atoms with Gasteiger partial charge < -0.3 is 9.80 Å². The van der Waals surface area contributed by atoms with Gasteiger partial charge in [0.1, 0.15) is 0 Å². The predicted octanol–water partition coefficient (Wildman–Crippen LogP) is 4.97. The first-order chi connectivity index (χ1) is 11.2. The maximum absolute atomic E-state index is 2.49. The Labute approximate surface area is 141 Å². The molecular formula is C21H30N2. The molecule has 0 spiro atoms. The van der Waals surface area contributed by atoms with Gasteiger partial charge in [-0.15, -0.1) is 0 Å². The SMILES string of the molecule is CCN(CC)c1cccc(Cc2ccccc2)c1N(CC)CC. The molecule has 0 aliphatic carbocycles. The summed E-state index contributed by atoms with van der Waals surface area (Å²) in [5.74, 6) is 0. The Morgan fingerprint density at radius 1 is 0.652 bits per heavy atom. The zero-order valence-electron chi connectivity index (χ0n) is 15.0. The van der Waals surface area contributed by atoms with E-state index in [1.165, 1.54) is 22.5 Å². The first kappa shape index (κ1) is 17.4. The number of benzene rings is 2. The van der Waals surface area contributed by atoms with Gasteiger partial charge in [-0.3, -0.25) is 0 Å². The van der Waals surface area contributed by atoms with Crippen molar-refractivity contribution in [3.8, 4) is 0 Å². The second kappa shape index (κ2) is 8.61. The van der Waals surface area contributed by atoms with E-state index in [9.17, 15) is 0 Å². The molecule has 0 heterocycles. The van der Waals surface area contributed by atoms with Gasteiger partial charge in [0.15, 0.2) is 0 Å². The molecule has 0 bridgehead atoms. The van der Waals surface area contributed by atoms with Gasteiger partial charge in [0.2, 0.25) is 0 Å². The fourth-order valence-corrected chi connectivity index (χ4v) is 3.26. The highest BCUT2D eigenvalue weighted by Crippen LogP contribution is 2.34. The molecule has 0 saturated heterocycles. The Hall–Kier alpha value is -1.96. The van der Waals surface area contributed by atoms with Gasteiger partial charge in [0, 0.05) is 26.2 Å². The molecular weight excluding hydrogens is 280 g/mol. The van der Waals surface area contributed by atoms with Gasteiger partial charge in [-0.1, -0.05) is 42.5 Å². The molecule has 0 amide bonds. The minimum Gasteiger partial charge on any atom is -0.370 e. The van der Waals surface area contributed by atoms with E-state index < -0.39 is 0 Å². The maximum atomic E-state index is 2.49. The maximum Gasteiger partial charge on any atom is 0.0639 e. The summed E-state index contributed by atoms with van der Waals surface area (Å²) in [6, 6.07) is 17.5. The fraction of sp³-hybridized carbons (Fsp3) is 0.429. The summed E-state index contributed by atoms with van der Waals surface area (Å²) >= 11 is 0. The van der Waals surface area contributed by atoms with E-state index in [2.05, 4.69) is 86.0 Å². The van der Waals surface area contributed by atoms with Crippen LogP contribution in [0.3, 0.4) is 0 Å². The van der Waals surface area contributed by atoms with Gasteiger partial charge >= 0.3 is 0 Å².